The van der Waals surface area contributed by atoms with Crippen LogP contribution in [0, 0.1) is 11.7 Å². The molecule has 0 aromatic heterocycles. The van der Waals surface area contributed by atoms with Crippen molar-refractivity contribution < 1.29 is 4.39 Å². The van der Waals surface area contributed by atoms with Crippen LogP contribution < -0.4 is 5.32 Å². The molecule has 2 nitrogen and oxygen atoms in total. The summed E-state index contributed by atoms with van der Waals surface area (Å²) in [6.07, 6.45) is 2.61. The van der Waals surface area contributed by atoms with E-state index in [0.717, 1.165) is 19.0 Å². The van der Waals surface area contributed by atoms with Crippen molar-refractivity contribution in [2.24, 2.45) is 5.92 Å². The van der Waals surface area contributed by atoms with Crippen molar-refractivity contribution in [1.29, 1.82) is 0 Å². The van der Waals surface area contributed by atoms with E-state index in [4.69, 9.17) is 11.6 Å². The van der Waals surface area contributed by atoms with Gasteiger partial charge in [0.05, 0.1) is 0 Å². The molecule has 3 rings (SSSR count). The molecule has 2 fully saturated rings. The largest absolute Gasteiger partial charge is 0.308 e. The van der Waals surface area contributed by atoms with Crippen molar-refractivity contribution in [2.45, 2.75) is 51.2 Å². The van der Waals surface area contributed by atoms with Crippen LogP contribution in [0.15, 0.2) is 18.2 Å². The molecule has 1 aromatic rings. The quantitative estimate of drug-likeness (QED) is 0.912. The van der Waals surface area contributed by atoms with Crippen LogP contribution in [0.25, 0.3) is 0 Å². The van der Waals surface area contributed by atoms with Gasteiger partial charge < -0.3 is 5.32 Å². The summed E-state index contributed by atoms with van der Waals surface area (Å²) in [5.41, 5.74) is 0.764. The molecular weight excluding hydrogens is 287 g/mol. The first-order valence-corrected chi connectivity index (χ1v) is 8.13. The molecule has 1 unspecified atom stereocenters. The van der Waals surface area contributed by atoms with E-state index in [1.165, 1.54) is 18.9 Å². The highest BCUT2D eigenvalue weighted by atomic mass is 35.5. The molecule has 0 amide bonds. The maximum atomic E-state index is 14.1. The zero-order valence-electron chi connectivity index (χ0n) is 13.0. The molecule has 0 bridgehead atoms. The van der Waals surface area contributed by atoms with Crippen molar-refractivity contribution in [3.05, 3.63) is 34.6 Å². The second kappa shape index (κ2) is 5.22. The van der Waals surface area contributed by atoms with Gasteiger partial charge in [-0.3, -0.25) is 4.90 Å². The molecule has 1 aromatic carbocycles. The number of nitrogens with zero attached hydrogens (tertiary/aromatic N) is 1. The van der Waals surface area contributed by atoms with Crippen LogP contribution in [-0.4, -0.2) is 29.1 Å². The van der Waals surface area contributed by atoms with Crippen molar-refractivity contribution in [1.82, 2.24) is 10.2 Å². The molecule has 1 N–H and O–H groups in total. The molecule has 1 aliphatic heterocycles. The summed E-state index contributed by atoms with van der Waals surface area (Å²) in [6, 6.07) is 4.93. The SMILES string of the molecule is CC1(C2CC2)CN(Cc2c(F)cccc2Cl)C(C)(C)CN1. The Bertz CT molecular complexity index is 521. The molecule has 1 saturated heterocycles. The van der Waals surface area contributed by atoms with Gasteiger partial charge in [-0.05, 0) is 51.7 Å². The first-order chi connectivity index (χ1) is 9.82. The molecule has 0 radical (unpaired) electrons. The Hall–Kier alpha value is -0.640. The molecule has 1 atom stereocenters. The minimum Gasteiger partial charge on any atom is -0.308 e. The third-order valence-corrected chi connectivity index (χ3v) is 5.54. The van der Waals surface area contributed by atoms with E-state index in [9.17, 15) is 4.39 Å². The van der Waals surface area contributed by atoms with Gasteiger partial charge in [0.1, 0.15) is 5.82 Å². The Morgan fingerprint density at radius 3 is 2.67 bits per heavy atom. The molecule has 116 valence electrons. The zero-order valence-corrected chi connectivity index (χ0v) is 13.8. The summed E-state index contributed by atoms with van der Waals surface area (Å²) < 4.78 is 14.1. The zero-order chi connectivity index (χ0) is 15.3. The lowest BCUT2D eigenvalue weighted by molar-refractivity contribution is 0.0171. The Morgan fingerprint density at radius 1 is 1.33 bits per heavy atom. The molecule has 1 aliphatic carbocycles. The smallest absolute Gasteiger partial charge is 0.129 e. The van der Waals surface area contributed by atoms with Crippen LogP contribution in [0.3, 0.4) is 0 Å². The highest BCUT2D eigenvalue weighted by Gasteiger charge is 2.48. The summed E-state index contributed by atoms with van der Waals surface area (Å²) >= 11 is 6.21. The number of benzene rings is 1. The highest BCUT2D eigenvalue weighted by molar-refractivity contribution is 6.31. The second-order valence-corrected chi connectivity index (χ2v) is 7.82. The van der Waals surface area contributed by atoms with Gasteiger partial charge in [-0.1, -0.05) is 17.7 Å². The van der Waals surface area contributed by atoms with Gasteiger partial charge in [0, 0.05) is 41.3 Å². The standard InChI is InChI=1S/C17H24ClFN2/c1-16(2)10-20-17(3,12-7-8-12)11-21(16)9-13-14(18)5-4-6-15(13)19/h4-6,12,20H,7-11H2,1-3H3. The van der Waals surface area contributed by atoms with E-state index < -0.39 is 0 Å². The van der Waals surface area contributed by atoms with E-state index in [2.05, 4.69) is 31.0 Å². The summed E-state index contributed by atoms with van der Waals surface area (Å²) in [5, 5.41) is 4.25. The van der Waals surface area contributed by atoms with Gasteiger partial charge >= 0.3 is 0 Å². The molecule has 21 heavy (non-hydrogen) atoms. The molecular formula is C17H24ClFN2. The number of nitrogens with one attached hydrogen (secondary N) is 1. The molecule has 1 heterocycles. The minimum absolute atomic E-state index is 0.0000102. The van der Waals surface area contributed by atoms with Crippen molar-refractivity contribution in [3.8, 4) is 0 Å². The van der Waals surface area contributed by atoms with Gasteiger partial charge in [0.15, 0.2) is 0 Å². The lowest BCUT2D eigenvalue weighted by Crippen LogP contribution is -2.67. The van der Waals surface area contributed by atoms with Gasteiger partial charge in [-0.25, -0.2) is 4.39 Å². The van der Waals surface area contributed by atoms with Crippen LogP contribution in [0.2, 0.25) is 5.02 Å². The molecule has 0 spiro atoms. The highest BCUT2D eigenvalue weighted by Crippen LogP contribution is 2.43. The summed E-state index contributed by atoms with van der Waals surface area (Å²) in [6.45, 7) is 9.15. The summed E-state index contributed by atoms with van der Waals surface area (Å²) in [7, 11) is 0. The lowest BCUT2D eigenvalue weighted by atomic mass is 9.86. The second-order valence-electron chi connectivity index (χ2n) is 7.41. The Labute approximate surface area is 131 Å². The number of hydrogen-bond donors (Lipinski definition) is 1. The topological polar surface area (TPSA) is 15.3 Å². The van der Waals surface area contributed by atoms with Crippen LogP contribution in [0.4, 0.5) is 4.39 Å². The predicted molar refractivity (Wildman–Crippen MR) is 85.0 cm³/mol. The fourth-order valence-electron chi connectivity index (χ4n) is 3.33. The van der Waals surface area contributed by atoms with Gasteiger partial charge in [-0.2, -0.15) is 0 Å². The van der Waals surface area contributed by atoms with E-state index in [-0.39, 0.29) is 16.9 Å². The minimum atomic E-state index is -0.204. The molecule has 2 aliphatic rings. The fourth-order valence-corrected chi connectivity index (χ4v) is 3.56. The monoisotopic (exact) mass is 310 g/mol. The van der Waals surface area contributed by atoms with Crippen LogP contribution in [0.5, 0.6) is 0 Å². The Balaban J connectivity index is 1.84. The maximum absolute atomic E-state index is 14.1. The molecule has 4 heteroatoms. The fraction of sp³-hybridized carbons (Fsp3) is 0.647. The van der Waals surface area contributed by atoms with Gasteiger partial charge in [-0.15, -0.1) is 0 Å². The lowest BCUT2D eigenvalue weighted by Gasteiger charge is -2.51. The van der Waals surface area contributed by atoms with Gasteiger partial charge in [0.25, 0.3) is 0 Å². The van der Waals surface area contributed by atoms with Crippen molar-refractivity contribution >= 4 is 11.6 Å². The van der Waals surface area contributed by atoms with Crippen LogP contribution in [0.1, 0.15) is 39.2 Å². The first-order valence-electron chi connectivity index (χ1n) is 7.75. The van der Waals surface area contributed by atoms with E-state index in [1.807, 2.05) is 0 Å². The average Bonchev–Trinajstić information content (AvgIpc) is 3.23. The van der Waals surface area contributed by atoms with Crippen molar-refractivity contribution in [3.63, 3.8) is 0 Å². The summed E-state index contributed by atoms with van der Waals surface area (Å²) in [5.74, 6) is 0.553. The van der Waals surface area contributed by atoms with Crippen molar-refractivity contribution in [2.75, 3.05) is 13.1 Å². The van der Waals surface area contributed by atoms with Gasteiger partial charge in [0.2, 0.25) is 0 Å². The Morgan fingerprint density at radius 2 is 2.05 bits per heavy atom. The average molecular weight is 311 g/mol. The number of halogens is 2. The molecule has 1 saturated carbocycles. The number of hydrogen-bond acceptors (Lipinski definition) is 2. The van der Waals surface area contributed by atoms with E-state index >= 15 is 0 Å². The first kappa shape index (κ1) is 15.3. The number of piperazine rings is 1. The third kappa shape index (κ3) is 2.96. The predicted octanol–water partition coefficient (Wildman–Crippen LogP) is 3.83. The van der Waals surface area contributed by atoms with E-state index in [0.29, 0.717) is 17.1 Å². The normalized spacial score (nSPS) is 29.6. The third-order valence-electron chi connectivity index (χ3n) is 5.19. The maximum Gasteiger partial charge on any atom is 0.129 e. The van der Waals surface area contributed by atoms with E-state index in [1.54, 1.807) is 12.1 Å². The van der Waals surface area contributed by atoms with Crippen LogP contribution in [-0.2, 0) is 6.54 Å². The Kier molecular flexibility index (Phi) is 3.79. The van der Waals surface area contributed by atoms with Crippen LogP contribution >= 0.6 is 11.6 Å². The summed E-state index contributed by atoms with van der Waals surface area (Å²) in [4.78, 5) is 2.38. The number of rotatable bonds is 3.